The minimum atomic E-state index is -0.750. The van der Waals surface area contributed by atoms with E-state index in [1.54, 1.807) is 7.11 Å². The molecular weight excluding hydrogens is 506 g/mol. The highest BCUT2D eigenvalue weighted by Gasteiger charge is 1.96. The second kappa shape index (κ2) is 83.1. The summed E-state index contributed by atoms with van der Waals surface area (Å²) in [6.45, 7) is 2.00. The van der Waals surface area contributed by atoms with Crippen molar-refractivity contribution >= 4 is 37.2 Å². The average Bonchev–Trinajstić information content (AvgIpc) is 2.33. The lowest BCUT2D eigenvalue weighted by Crippen LogP contribution is -2.17. The summed E-state index contributed by atoms with van der Waals surface area (Å²) in [5.41, 5.74) is 0. The second-order valence-electron chi connectivity index (χ2n) is 2.01. The standard InChI is InChI=1S/C4H10O3.C3H8O.CH4O2.5CH4.I2/c1-7-3-4(6)2-5;1-3-4-2;2-1-3;;;;;;1-2/h4-6H,2-3H2,1H3;3H2,1-2H3;2-3H,1H2;5*1H4;. The first-order chi connectivity index (χ1) is 7.64. The molecule has 1 unspecified atom stereocenters. The normalized spacial score (nSPS) is 7.29. The molecule has 0 rings (SSSR count). The molecule has 0 spiro atoms. The Morgan fingerprint density at radius 3 is 1.14 bits per heavy atom. The Labute approximate surface area is 157 Å². The van der Waals surface area contributed by atoms with Crippen LogP contribution in [-0.4, -0.2) is 67.4 Å². The summed E-state index contributed by atoms with van der Waals surface area (Å²) in [4.78, 5) is 0. The molecule has 0 heterocycles. The van der Waals surface area contributed by atoms with E-state index in [9.17, 15) is 0 Å². The molecule has 4 N–H and O–H groups in total. The molecule has 6 nitrogen and oxygen atoms in total. The van der Waals surface area contributed by atoms with Crippen molar-refractivity contribution in [1.82, 2.24) is 0 Å². The van der Waals surface area contributed by atoms with Crippen LogP contribution in [0.3, 0.4) is 0 Å². The number of rotatable bonds is 4. The van der Waals surface area contributed by atoms with Crippen molar-refractivity contribution < 1.29 is 29.9 Å². The summed E-state index contributed by atoms with van der Waals surface area (Å²) >= 11 is 4.24. The van der Waals surface area contributed by atoms with Crippen molar-refractivity contribution in [2.24, 2.45) is 0 Å². The van der Waals surface area contributed by atoms with Gasteiger partial charge in [0.2, 0.25) is 0 Å². The summed E-state index contributed by atoms with van der Waals surface area (Å²) in [6, 6.07) is 0. The molecule has 0 aromatic rings. The molecule has 0 radical (unpaired) electrons. The van der Waals surface area contributed by atoms with E-state index >= 15 is 0 Å². The van der Waals surface area contributed by atoms with Crippen LogP contribution in [0.25, 0.3) is 0 Å². The van der Waals surface area contributed by atoms with E-state index < -0.39 is 12.9 Å². The number of halogens is 2. The Hall–Kier alpha value is 1.22. The Morgan fingerprint density at radius 2 is 1.10 bits per heavy atom. The van der Waals surface area contributed by atoms with E-state index in [-0.39, 0.29) is 50.3 Å². The Morgan fingerprint density at radius 1 is 0.857 bits per heavy atom. The number of methoxy groups -OCH3 is 2. The van der Waals surface area contributed by atoms with Crippen LogP contribution in [0, 0.1) is 0 Å². The SMILES string of the molecule is C.C.C.C.C.CCOC.COCC(O)CO.II.OCO. The van der Waals surface area contributed by atoms with Gasteiger partial charge in [0.05, 0.1) is 13.2 Å². The molecule has 0 aromatic carbocycles. The van der Waals surface area contributed by atoms with Crippen molar-refractivity contribution in [2.45, 2.75) is 50.2 Å². The zero-order valence-corrected chi connectivity index (χ0v) is 14.1. The first-order valence-electron chi connectivity index (χ1n) is 4.27. The van der Waals surface area contributed by atoms with Crippen molar-refractivity contribution in [2.75, 3.05) is 40.8 Å². The highest BCUT2D eigenvalue weighted by molar-refractivity contribution is 15.0. The van der Waals surface area contributed by atoms with Gasteiger partial charge in [0.25, 0.3) is 0 Å². The van der Waals surface area contributed by atoms with E-state index in [2.05, 4.69) is 46.7 Å². The molecule has 0 saturated heterocycles. The topological polar surface area (TPSA) is 99.4 Å². The summed E-state index contributed by atoms with van der Waals surface area (Å²) in [5.74, 6) is 0. The van der Waals surface area contributed by atoms with Gasteiger partial charge in [-0.1, -0.05) is 37.1 Å². The Bertz CT molecular complexity index is 81.7. The van der Waals surface area contributed by atoms with E-state index in [1.165, 1.54) is 7.11 Å². The zero-order valence-electron chi connectivity index (χ0n) is 9.77. The minimum Gasteiger partial charge on any atom is -0.394 e. The zero-order chi connectivity index (χ0) is 13.8. The van der Waals surface area contributed by atoms with Crippen molar-refractivity contribution in [3.63, 3.8) is 0 Å². The molecule has 0 aliphatic rings. The predicted molar refractivity (Wildman–Crippen MR) is 114 cm³/mol. The van der Waals surface area contributed by atoms with Gasteiger partial charge in [0.15, 0.2) is 0 Å². The minimum absolute atomic E-state index is 0. The number of hydrogen-bond acceptors (Lipinski definition) is 6. The second-order valence-corrected chi connectivity index (χ2v) is 2.01. The summed E-state index contributed by atoms with van der Waals surface area (Å²) < 4.78 is 9.03. The van der Waals surface area contributed by atoms with Gasteiger partial charge in [-0.3, -0.25) is 0 Å². The summed E-state index contributed by atoms with van der Waals surface area (Å²) in [6.07, 6.45) is -0.718. The van der Waals surface area contributed by atoms with Gasteiger partial charge >= 0.3 is 0 Å². The van der Waals surface area contributed by atoms with Crippen LogP contribution in [0.2, 0.25) is 0 Å². The fraction of sp³-hybridized carbons (Fsp3) is 1.00. The van der Waals surface area contributed by atoms with Gasteiger partial charge in [-0.2, -0.15) is 0 Å². The van der Waals surface area contributed by atoms with Gasteiger partial charge in [0.1, 0.15) is 12.9 Å². The molecule has 144 valence electrons. The number of ether oxygens (including phenoxy) is 2. The van der Waals surface area contributed by atoms with Crippen LogP contribution in [0.1, 0.15) is 44.1 Å². The lowest BCUT2D eigenvalue weighted by atomic mass is 10.4. The quantitative estimate of drug-likeness (QED) is 0.317. The average molecular weight is 548 g/mol. The van der Waals surface area contributed by atoms with Gasteiger partial charge in [-0.05, 0) is 6.92 Å². The van der Waals surface area contributed by atoms with Gasteiger partial charge in [-0.25, -0.2) is 0 Å². The van der Waals surface area contributed by atoms with Crippen molar-refractivity contribution in [3.05, 3.63) is 0 Å². The predicted octanol–water partition coefficient (Wildman–Crippen LogP) is 3.52. The first-order valence-corrected chi connectivity index (χ1v) is 10.6. The van der Waals surface area contributed by atoms with Crippen LogP contribution in [0.15, 0.2) is 0 Å². The third kappa shape index (κ3) is 150. The molecule has 21 heavy (non-hydrogen) atoms. The molecular formula is C13H42I2O6. The molecule has 0 fully saturated rings. The van der Waals surface area contributed by atoms with E-state index in [4.69, 9.17) is 20.4 Å². The lowest BCUT2D eigenvalue weighted by molar-refractivity contribution is 0.0254. The van der Waals surface area contributed by atoms with E-state index in [0.717, 1.165) is 6.61 Å². The number of aliphatic hydroxyl groups is 4. The largest absolute Gasteiger partial charge is 0.394 e. The fourth-order valence-corrected chi connectivity index (χ4v) is 0.245. The summed E-state index contributed by atoms with van der Waals surface area (Å²) in [7, 11) is 3.15. The molecule has 0 bridgehead atoms. The maximum atomic E-state index is 8.48. The third-order valence-electron chi connectivity index (χ3n) is 0.858. The molecule has 0 aliphatic heterocycles. The lowest BCUT2D eigenvalue weighted by Gasteiger charge is -2.01. The van der Waals surface area contributed by atoms with Crippen LogP contribution in [0.5, 0.6) is 0 Å². The van der Waals surface area contributed by atoms with Gasteiger partial charge < -0.3 is 29.9 Å². The van der Waals surface area contributed by atoms with Crippen molar-refractivity contribution in [3.8, 4) is 0 Å². The highest BCUT2D eigenvalue weighted by Crippen LogP contribution is 1.89. The Balaban J connectivity index is -0.0000000132. The highest BCUT2D eigenvalue weighted by atomic mass is 128. The van der Waals surface area contributed by atoms with E-state index in [0.29, 0.717) is 0 Å². The smallest absolute Gasteiger partial charge is 0.140 e. The van der Waals surface area contributed by atoms with E-state index in [1.807, 2.05) is 6.92 Å². The maximum absolute atomic E-state index is 8.48. The van der Waals surface area contributed by atoms with Gasteiger partial charge in [0, 0.05) is 58.1 Å². The van der Waals surface area contributed by atoms with Crippen molar-refractivity contribution in [1.29, 1.82) is 0 Å². The first kappa shape index (κ1) is 57.2. The van der Waals surface area contributed by atoms with Crippen LogP contribution >= 0.6 is 37.2 Å². The Kier molecular flexibility index (Phi) is 226. The molecule has 1 atom stereocenters. The maximum Gasteiger partial charge on any atom is 0.140 e. The molecule has 0 aliphatic carbocycles. The molecule has 0 amide bonds. The van der Waals surface area contributed by atoms with Gasteiger partial charge in [-0.15, -0.1) is 0 Å². The number of hydrogen-bond donors (Lipinski definition) is 4. The molecule has 0 saturated carbocycles. The summed E-state index contributed by atoms with van der Waals surface area (Å²) in [5, 5.41) is 30.9. The third-order valence-corrected chi connectivity index (χ3v) is 0.858. The monoisotopic (exact) mass is 548 g/mol. The number of aliphatic hydroxyl groups excluding tert-OH is 3. The van der Waals surface area contributed by atoms with Crippen LogP contribution < -0.4 is 0 Å². The molecule has 8 heteroatoms. The fourth-order valence-electron chi connectivity index (χ4n) is 0.245. The molecule has 0 aromatic heterocycles. The van der Waals surface area contributed by atoms with Crippen LogP contribution in [-0.2, 0) is 9.47 Å². The van der Waals surface area contributed by atoms with Crippen LogP contribution in [0.4, 0.5) is 0 Å².